The van der Waals surface area contributed by atoms with Crippen LogP contribution < -0.4 is 5.73 Å². The zero-order valence-electron chi connectivity index (χ0n) is 12.1. The van der Waals surface area contributed by atoms with Crippen molar-refractivity contribution in [2.75, 3.05) is 18.6 Å². The summed E-state index contributed by atoms with van der Waals surface area (Å²) in [6, 6.07) is -1.77. The van der Waals surface area contributed by atoms with Gasteiger partial charge in [0.15, 0.2) is 0 Å². The molecule has 7 nitrogen and oxygen atoms in total. The smallest absolute Gasteiger partial charge is 0.326 e. The molecule has 1 saturated heterocycles. The minimum atomic E-state index is -3.19. The average Bonchev–Trinajstić information content (AvgIpc) is 2.92. The van der Waals surface area contributed by atoms with Crippen molar-refractivity contribution in [3.8, 4) is 0 Å². The van der Waals surface area contributed by atoms with E-state index in [9.17, 15) is 23.1 Å². The number of nitrogens with two attached hydrogens (primary N) is 1. The highest BCUT2D eigenvalue weighted by molar-refractivity contribution is 7.90. The van der Waals surface area contributed by atoms with Crippen LogP contribution in [0.4, 0.5) is 0 Å². The van der Waals surface area contributed by atoms with Gasteiger partial charge >= 0.3 is 5.97 Å². The van der Waals surface area contributed by atoms with Crippen molar-refractivity contribution in [2.45, 2.75) is 37.8 Å². The summed E-state index contributed by atoms with van der Waals surface area (Å²) in [7, 11) is -3.19. The van der Waals surface area contributed by atoms with E-state index in [0.29, 0.717) is 6.54 Å². The van der Waals surface area contributed by atoms with Crippen LogP contribution in [0.15, 0.2) is 0 Å². The largest absolute Gasteiger partial charge is 0.480 e. The van der Waals surface area contributed by atoms with E-state index in [1.807, 2.05) is 0 Å². The number of hydrogen-bond acceptors (Lipinski definition) is 5. The lowest BCUT2D eigenvalue weighted by Crippen LogP contribution is -2.50. The molecule has 1 heterocycles. The molecule has 120 valence electrons. The van der Waals surface area contributed by atoms with Gasteiger partial charge in [0, 0.05) is 12.8 Å². The van der Waals surface area contributed by atoms with E-state index in [-0.39, 0.29) is 24.0 Å². The van der Waals surface area contributed by atoms with Gasteiger partial charge in [-0.3, -0.25) is 4.79 Å². The highest BCUT2D eigenvalue weighted by Gasteiger charge is 2.50. The molecular weight excluding hydrogens is 296 g/mol. The van der Waals surface area contributed by atoms with Crippen LogP contribution in [0, 0.1) is 11.8 Å². The molecule has 0 aromatic heterocycles. The van der Waals surface area contributed by atoms with Crippen LogP contribution >= 0.6 is 0 Å². The first-order chi connectivity index (χ1) is 9.70. The fourth-order valence-corrected chi connectivity index (χ4v) is 4.21. The number of sulfone groups is 1. The number of carboxylic acid groups (broad SMARTS) is 1. The number of nitrogens with zero attached hydrogens (tertiary/aromatic N) is 1. The van der Waals surface area contributed by atoms with Gasteiger partial charge in [0.2, 0.25) is 5.91 Å². The SMILES string of the molecule is CS(=O)(=O)CCC(N)C(=O)N1CC2CCCC2C1C(=O)O. The van der Waals surface area contributed by atoms with Gasteiger partial charge in [-0.15, -0.1) is 0 Å². The molecule has 0 radical (unpaired) electrons. The lowest BCUT2D eigenvalue weighted by molar-refractivity contribution is -0.150. The van der Waals surface area contributed by atoms with E-state index in [1.54, 1.807) is 0 Å². The number of carbonyl (C=O) groups is 2. The Morgan fingerprint density at radius 2 is 2.05 bits per heavy atom. The number of hydrogen-bond donors (Lipinski definition) is 2. The Hall–Kier alpha value is -1.15. The lowest BCUT2D eigenvalue weighted by atomic mass is 9.94. The summed E-state index contributed by atoms with van der Waals surface area (Å²) in [5.41, 5.74) is 5.77. The van der Waals surface area contributed by atoms with E-state index in [1.165, 1.54) is 4.90 Å². The van der Waals surface area contributed by atoms with Crippen LogP contribution in [0.1, 0.15) is 25.7 Å². The topological polar surface area (TPSA) is 118 Å². The number of rotatable bonds is 5. The quantitative estimate of drug-likeness (QED) is 0.703. The minimum absolute atomic E-state index is 0.00792. The molecule has 1 amide bonds. The summed E-state index contributed by atoms with van der Waals surface area (Å²) in [4.78, 5) is 25.2. The maximum atomic E-state index is 12.4. The van der Waals surface area contributed by atoms with E-state index in [4.69, 9.17) is 5.73 Å². The van der Waals surface area contributed by atoms with Crippen LogP contribution in [-0.4, -0.2) is 60.9 Å². The third kappa shape index (κ3) is 3.55. The van der Waals surface area contributed by atoms with Crippen molar-refractivity contribution < 1.29 is 23.1 Å². The molecule has 0 aromatic carbocycles. The molecular formula is C13H22N2O5S. The molecule has 8 heteroatoms. The van der Waals surface area contributed by atoms with Gasteiger partial charge < -0.3 is 15.7 Å². The second-order valence-corrected chi connectivity index (χ2v) is 8.41. The first-order valence-electron chi connectivity index (χ1n) is 7.17. The van der Waals surface area contributed by atoms with Crippen LogP contribution in [0.25, 0.3) is 0 Å². The minimum Gasteiger partial charge on any atom is -0.480 e. The molecule has 2 fully saturated rings. The summed E-state index contributed by atoms with van der Waals surface area (Å²) in [6.45, 7) is 0.424. The second kappa shape index (κ2) is 5.92. The number of carbonyl (C=O) groups excluding carboxylic acids is 1. The standard InChI is InChI=1S/C13H22N2O5S/c1-21(19,20)6-5-10(14)12(16)15-7-8-3-2-4-9(8)11(15)13(17)18/h8-11H,2-7,14H2,1H3,(H,17,18). The van der Waals surface area contributed by atoms with E-state index < -0.39 is 33.8 Å². The molecule has 1 saturated carbocycles. The molecule has 2 aliphatic rings. The predicted octanol–water partition coefficient (Wildman–Crippen LogP) is -0.540. The van der Waals surface area contributed by atoms with Crippen LogP contribution in [0.5, 0.6) is 0 Å². The highest BCUT2D eigenvalue weighted by atomic mass is 32.2. The fraction of sp³-hybridized carbons (Fsp3) is 0.846. The Bertz CT molecular complexity index is 533. The second-order valence-electron chi connectivity index (χ2n) is 6.15. The van der Waals surface area contributed by atoms with Gasteiger partial charge in [0.25, 0.3) is 0 Å². The van der Waals surface area contributed by atoms with Gasteiger partial charge in [-0.2, -0.15) is 0 Å². The molecule has 0 spiro atoms. The zero-order chi connectivity index (χ0) is 15.8. The Kier molecular flexibility index (Phi) is 4.57. The molecule has 1 aliphatic carbocycles. The molecule has 0 aromatic rings. The van der Waals surface area contributed by atoms with Crippen molar-refractivity contribution in [3.63, 3.8) is 0 Å². The highest BCUT2D eigenvalue weighted by Crippen LogP contribution is 2.42. The van der Waals surface area contributed by atoms with Crippen molar-refractivity contribution in [1.29, 1.82) is 0 Å². The first kappa shape index (κ1) is 16.2. The molecule has 0 bridgehead atoms. The fourth-order valence-electron chi connectivity index (χ4n) is 3.53. The predicted molar refractivity (Wildman–Crippen MR) is 76.3 cm³/mol. The average molecular weight is 318 g/mol. The summed E-state index contributed by atoms with van der Waals surface area (Å²) in [5.74, 6) is -1.36. The van der Waals surface area contributed by atoms with Crippen molar-refractivity contribution in [1.82, 2.24) is 4.90 Å². The van der Waals surface area contributed by atoms with Crippen LogP contribution in [0.3, 0.4) is 0 Å². The first-order valence-corrected chi connectivity index (χ1v) is 9.23. The van der Waals surface area contributed by atoms with Gasteiger partial charge in [0.05, 0.1) is 11.8 Å². The normalized spacial score (nSPS) is 30.2. The number of carboxylic acids is 1. The van der Waals surface area contributed by atoms with Crippen molar-refractivity contribution in [3.05, 3.63) is 0 Å². The van der Waals surface area contributed by atoms with Crippen molar-refractivity contribution >= 4 is 21.7 Å². The van der Waals surface area contributed by atoms with Crippen LogP contribution in [-0.2, 0) is 19.4 Å². The Balaban J connectivity index is 2.05. The molecule has 4 unspecified atom stereocenters. The third-order valence-electron chi connectivity index (χ3n) is 4.54. The zero-order valence-corrected chi connectivity index (χ0v) is 12.9. The Morgan fingerprint density at radius 1 is 1.38 bits per heavy atom. The lowest BCUT2D eigenvalue weighted by Gasteiger charge is -2.27. The maximum Gasteiger partial charge on any atom is 0.326 e. The monoisotopic (exact) mass is 318 g/mol. The van der Waals surface area contributed by atoms with Crippen molar-refractivity contribution in [2.24, 2.45) is 17.6 Å². The molecule has 21 heavy (non-hydrogen) atoms. The number of aliphatic carboxylic acids is 1. The maximum absolute atomic E-state index is 12.4. The van der Waals surface area contributed by atoms with Crippen LogP contribution in [0.2, 0.25) is 0 Å². The van der Waals surface area contributed by atoms with Gasteiger partial charge in [0.1, 0.15) is 15.9 Å². The Morgan fingerprint density at radius 3 is 2.62 bits per heavy atom. The van der Waals surface area contributed by atoms with E-state index in [0.717, 1.165) is 25.5 Å². The van der Waals surface area contributed by atoms with Gasteiger partial charge in [-0.1, -0.05) is 6.42 Å². The Labute approximate surface area is 124 Å². The summed E-state index contributed by atoms with van der Waals surface area (Å²) < 4.78 is 22.3. The molecule has 1 aliphatic heterocycles. The molecule has 2 rings (SSSR count). The summed E-state index contributed by atoms with van der Waals surface area (Å²) >= 11 is 0. The van der Waals surface area contributed by atoms with E-state index in [2.05, 4.69) is 0 Å². The van der Waals surface area contributed by atoms with Gasteiger partial charge in [-0.25, -0.2) is 13.2 Å². The molecule has 3 N–H and O–H groups in total. The summed E-state index contributed by atoms with van der Waals surface area (Å²) in [5, 5.41) is 9.39. The number of amides is 1. The number of fused-ring (bicyclic) bond motifs is 1. The molecule has 4 atom stereocenters. The van der Waals surface area contributed by atoms with E-state index >= 15 is 0 Å². The summed E-state index contributed by atoms with van der Waals surface area (Å²) in [6.07, 6.45) is 3.88. The number of likely N-dealkylation sites (tertiary alicyclic amines) is 1. The third-order valence-corrected chi connectivity index (χ3v) is 5.52. The van der Waals surface area contributed by atoms with Gasteiger partial charge in [-0.05, 0) is 31.1 Å².